The molecular weight excluding hydrogens is 492 g/mol. The lowest BCUT2D eigenvalue weighted by atomic mass is 9.88. The molecule has 0 N–H and O–H groups in total. The van der Waals surface area contributed by atoms with Crippen LogP contribution < -0.4 is 4.74 Å². The maximum absolute atomic E-state index is 13.3. The van der Waals surface area contributed by atoms with Gasteiger partial charge in [0, 0.05) is 18.6 Å². The highest BCUT2D eigenvalue weighted by Gasteiger charge is 2.72. The van der Waals surface area contributed by atoms with Crippen LogP contribution in [0, 0.1) is 16.0 Å². The van der Waals surface area contributed by atoms with Crippen LogP contribution in [0.2, 0.25) is 0 Å². The third-order valence-electron chi connectivity index (χ3n) is 6.52. The van der Waals surface area contributed by atoms with Crippen LogP contribution in [0.1, 0.15) is 25.8 Å². The maximum atomic E-state index is 13.3. The van der Waals surface area contributed by atoms with E-state index in [-0.39, 0.29) is 25.3 Å². The lowest BCUT2D eigenvalue weighted by Crippen LogP contribution is -2.64. The van der Waals surface area contributed by atoms with Crippen LogP contribution in [-0.2, 0) is 35.6 Å². The van der Waals surface area contributed by atoms with E-state index in [1.54, 1.807) is 30.3 Å². The number of nitro groups is 1. The van der Waals surface area contributed by atoms with Crippen molar-refractivity contribution in [3.63, 3.8) is 0 Å². The van der Waals surface area contributed by atoms with Gasteiger partial charge in [-0.1, -0.05) is 18.2 Å². The molecule has 0 saturated carbocycles. The lowest BCUT2D eigenvalue weighted by molar-refractivity contribution is -0.384. The summed E-state index contributed by atoms with van der Waals surface area (Å²) in [6, 6.07) is 12.6. The molecule has 1 amide bonds. The Hall–Kier alpha value is -3.80. The molecule has 190 valence electrons. The fourth-order valence-corrected chi connectivity index (χ4v) is 6.82. The van der Waals surface area contributed by atoms with Crippen molar-refractivity contribution in [2.24, 2.45) is 5.92 Å². The van der Waals surface area contributed by atoms with Crippen molar-refractivity contribution in [2.75, 3.05) is 6.61 Å². The quantitative estimate of drug-likeness (QED) is 0.211. The molecule has 12 heteroatoms. The zero-order chi connectivity index (χ0) is 26.3. The van der Waals surface area contributed by atoms with Crippen LogP contribution in [-0.4, -0.2) is 58.7 Å². The van der Waals surface area contributed by atoms with Gasteiger partial charge in [0.25, 0.3) is 5.69 Å². The number of nitrogens with zero attached hydrogens (tertiary/aromatic N) is 2. The number of hydrogen-bond acceptors (Lipinski definition) is 9. The second-order valence-electron chi connectivity index (χ2n) is 9.17. The van der Waals surface area contributed by atoms with Crippen molar-refractivity contribution in [1.82, 2.24) is 4.90 Å². The van der Waals surface area contributed by atoms with Crippen LogP contribution in [0.15, 0.2) is 54.6 Å². The summed E-state index contributed by atoms with van der Waals surface area (Å²) in [7, 11) is -4.02. The molecule has 0 spiro atoms. The molecule has 2 saturated heterocycles. The van der Waals surface area contributed by atoms with Crippen LogP contribution in [0.5, 0.6) is 5.75 Å². The summed E-state index contributed by atoms with van der Waals surface area (Å²) in [5.41, 5.74) is 0.331. The Kier molecular flexibility index (Phi) is 6.56. The second kappa shape index (κ2) is 9.34. The van der Waals surface area contributed by atoms with Crippen molar-refractivity contribution in [3.05, 3.63) is 70.3 Å². The van der Waals surface area contributed by atoms with E-state index < -0.39 is 54.5 Å². The molecule has 2 aliphatic heterocycles. The smallest absolute Gasteiger partial charge is 0.330 e. The lowest BCUT2D eigenvalue weighted by Gasteiger charge is -2.42. The van der Waals surface area contributed by atoms with Gasteiger partial charge < -0.3 is 14.4 Å². The molecular formula is C24H24N2O9S. The molecule has 2 fully saturated rings. The Balaban J connectivity index is 1.43. The van der Waals surface area contributed by atoms with E-state index in [0.29, 0.717) is 11.3 Å². The molecule has 4 rings (SSSR count). The highest BCUT2D eigenvalue weighted by atomic mass is 32.2. The van der Waals surface area contributed by atoms with Gasteiger partial charge in [-0.05, 0) is 43.7 Å². The number of sulfone groups is 1. The molecule has 2 aliphatic rings. The minimum absolute atomic E-state index is 0.128. The minimum atomic E-state index is -4.02. The van der Waals surface area contributed by atoms with Crippen molar-refractivity contribution in [1.29, 1.82) is 0 Å². The molecule has 0 radical (unpaired) electrons. The molecule has 11 nitrogen and oxygen atoms in total. The van der Waals surface area contributed by atoms with Gasteiger partial charge in [0.2, 0.25) is 5.91 Å². The number of para-hydroxylation sites is 1. The number of ketones is 1. The average molecular weight is 517 g/mol. The standard InChI is InChI=1S/C24H24N2O9S/c1-24(2)20(23(29)35-13-15-8-10-16(11-9-15)26(30)31)25-21(28)19(22(25)36(24,32)33)12-17(27)14-34-18-6-4-3-5-7-18/h3-11,19-20,22H,12-14H2,1-2H3/t19-,20+,22-/m1/s1. The van der Waals surface area contributed by atoms with Gasteiger partial charge in [0.05, 0.1) is 15.6 Å². The van der Waals surface area contributed by atoms with E-state index in [2.05, 4.69) is 0 Å². The molecule has 2 aromatic rings. The van der Waals surface area contributed by atoms with Crippen molar-refractivity contribution in [2.45, 2.75) is 43.0 Å². The fourth-order valence-electron chi connectivity index (χ4n) is 4.51. The monoisotopic (exact) mass is 516 g/mol. The summed E-state index contributed by atoms with van der Waals surface area (Å²) in [4.78, 5) is 49.5. The zero-order valence-electron chi connectivity index (χ0n) is 19.5. The van der Waals surface area contributed by atoms with Crippen LogP contribution in [0.25, 0.3) is 0 Å². The van der Waals surface area contributed by atoms with Crippen LogP contribution in [0.3, 0.4) is 0 Å². The summed E-state index contributed by atoms with van der Waals surface area (Å²) in [5.74, 6) is -2.59. The number of fused-ring (bicyclic) bond motifs is 1. The zero-order valence-corrected chi connectivity index (χ0v) is 20.3. The summed E-state index contributed by atoms with van der Waals surface area (Å²) < 4.78 is 35.6. The first-order valence-electron chi connectivity index (χ1n) is 11.1. The highest BCUT2D eigenvalue weighted by Crippen LogP contribution is 2.50. The maximum Gasteiger partial charge on any atom is 0.330 e. The number of carbonyl (C=O) groups excluding carboxylic acids is 3. The van der Waals surface area contributed by atoms with Crippen molar-refractivity contribution >= 4 is 33.2 Å². The Bertz CT molecular complexity index is 1310. The van der Waals surface area contributed by atoms with Crippen molar-refractivity contribution in [3.8, 4) is 5.75 Å². The van der Waals surface area contributed by atoms with E-state index in [9.17, 15) is 32.9 Å². The number of Topliss-reactive ketones (excluding diaryl/α,β-unsaturated/α-hetero) is 1. The number of ether oxygens (including phenoxy) is 2. The molecule has 36 heavy (non-hydrogen) atoms. The number of esters is 1. The third-order valence-corrected chi connectivity index (χ3v) is 9.40. The molecule has 0 aromatic heterocycles. The van der Waals surface area contributed by atoms with E-state index in [4.69, 9.17) is 9.47 Å². The Morgan fingerprint density at radius 2 is 1.72 bits per heavy atom. The van der Waals surface area contributed by atoms with Crippen LogP contribution in [0.4, 0.5) is 5.69 Å². The predicted octanol–water partition coefficient (Wildman–Crippen LogP) is 2.04. The largest absolute Gasteiger partial charge is 0.486 e. The molecule has 0 bridgehead atoms. The van der Waals surface area contributed by atoms with Gasteiger partial charge in [-0.3, -0.25) is 19.7 Å². The highest BCUT2D eigenvalue weighted by molar-refractivity contribution is 7.93. The Labute approximate surface area is 207 Å². The summed E-state index contributed by atoms with van der Waals surface area (Å²) >= 11 is 0. The van der Waals surface area contributed by atoms with Crippen molar-refractivity contribution < 1.29 is 37.2 Å². The van der Waals surface area contributed by atoms with Gasteiger partial charge in [-0.2, -0.15) is 0 Å². The van der Waals surface area contributed by atoms with Gasteiger partial charge in [-0.15, -0.1) is 0 Å². The third kappa shape index (κ3) is 4.32. The Morgan fingerprint density at radius 1 is 1.08 bits per heavy atom. The Morgan fingerprint density at radius 3 is 2.33 bits per heavy atom. The number of hydrogen-bond donors (Lipinski definition) is 0. The number of β-lactam (4-membered cyclic amide) rings is 1. The SMILES string of the molecule is CC1(C)[C@H](C(=O)OCc2ccc([N+](=O)[O-])cc2)N2C(=O)[C@@H](CC(=O)COc3ccccc3)[C@H]2S1(=O)=O. The molecule has 0 aliphatic carbocycles. The number of non-ortho nitro benzene ring substituents is 1. The first kappa shape index (κ1) is 25.3. The van der Waals surface area contributed by atoms with Gasteiger partial charge in [0.15, 0.2) is 15.6 Å². The molecule has 0 unspecified atom stereocenters. The number of nitro benzene ring substituents is 1. The van der Waals surface area contributed by atoms with Crippen LogP contribution >= 0.6 is 0 Å². The summed E-state index contributed by atoms with van der Waals surface area (Å²) in [6.45, 7) is 2.13. The minimum Gasteiger partial charge on any atom is -0.486 e. The summed E-state index contributed by atoms with van der Waals surface area (Å²) in [6.07, 6.45) is -0.327. The predicted molar refractivity (Wildman–Crippen MR) is 125 cm³/mol. The first-order chi connectivity index (χ1) is 16.9. The number of benzene rings is 2. The molecule has 2 aromatic carbocycles. The van der Waals surface area contributed by atoms with E-state index >= 15 is 0 Å². The van der Waals surface area contributed by atoms with Gasteiger partial charge in [0.1, 0.15) is 30.4 Å². The normalized spacial score (nSPS) is 23.3. The topological polar surface area (TPSA) is 150 Å². The van der Waals surface area contributed by atoms with E-state index in [1.807, 2.05) is 0 Å². The molecule has 2 heterocycles. The first-order valence-corrected chi connectivity index (χ1v) is 12.6. The van der Waals surface area contributed by atoms with E-state index in [0.717, 1.165) is 4.90 Å². The second-order valence-corrected chi connectivity index (χ2v) is 11.8. The number of rotatable bonds is 9. The number of carbonyl (C=O) groups is 3. The van der Waals surface area contributed by atoms with E-state index in [1.165, 1.54) is 38.1 Å². The van der Waals surface area contributed by atoms with Gasteiger partial charge >= 0.3 is 5.97 Å². The molecule has 3 atom stereocenters. The number of amides is 1. The van der Waals surface area contributed by atoms with Gasteiger partial charge in [-0.25, -0.2) is 13.2 Å². The fraction of sp³-hybridized carbons (Fsp3) is 0.375. The summed E-state index contributed by atoms with van der Waals surface area (Å²) in [5, 5.41) is 9.47. The average Bonchev–Trinajstić information content (AvgIpc) is 2.99.